The van der Waals surface area contributed by atoms with Gasteiger partial charge in [0.25, 0.3) is 5.91 Å². The molecule has 0 spiro atoms. The van der Waals surface area contributed by atoms with Crippen LogP contribution in [0.2, 0.25) is 0 Å². The second-order valence-corrected chi connectivity index (χ2v) is 6.37. The summed E-state index contributed by atoms with van der Waals surface area (Å²) in [6.07, 6.45) is 0. The lowest BCUT2D eigenvalue weighted by Gasteiger charge is -2.19. The largest absolute Gasteiger partial charge is 0.486 e. The zero-order chi connectivity index (χ0) is 19.8. The highest BCUT2D eigenvalue weighted by atomic mass is 19.1. The first-order chi connectivity index (χ1) is 13.4. The fourth-order valence-electron chi connectivity index (χ4n) is 3.17. The molecule has 0 unspecified atom stereocenters. The van der Waals surface area contributed by atoms with Gasteiger partial charge in [0.15, 0.2) is 17.3 Å². The van der Waals surface area contributed by atoms with Crippen molar-refractivity contribution in [3.05, 3.63) is 65.0 Å². The molecule has 1 aliphatic heterocycles. The van der Waals surface area contributed by atoms with Gasteiger partial charge in [-0.1, -0.05) is 0 Å². The third-order valence-corrected chi connectivity index (χ3v) is 4.46. The number of ether oxygens (including phenoxy) is 2. The predicted octanol–water partition coefficient (Wildman–Crippen LogP) is 3.79. The molecule has 6 nitrogen and oxygen atoms in total. The number of amides is 1. The number of hydrogen-bond donors (Lipinski definition) is 1. The van der Waals surface area contributed by atoms with Gasteiger partial charge in [0.05, 0.1) is 17.0 Å². The highest BCUT2D eigenvalue weighted by molar-refractivity contribution is 6.06. The number of aromatic nitrogens is 2. The lowest BCUT2D eigenvalue weighted by molar-refractivity contribution is 0.102. The highest BCUT2D eigenvalue weighted by Crippen LogP contribution is 2.33. The predicted molar refractivity (Wildman–Crippen MR) is 98.3 cm³/mol. The minimum atomic E-state index is -0.760. The van der Waals surface area contributed by atoms with E-state index in [9.17, 15) is 13.6 Å². The van der Waals surface area contributed by atoms with Gasteiger partial charge in [0, 0.05) is 17.8 Å². The van der Waals surface area contributed by atoms with Crippen molar-refractivity contribution in [2.75, 3.05) is 18.5 Å². The first-order valence-corrected chi connectivity index (χ1v) is 8.66. The summed E-state index contributed by atoms with van der Waals surface area (Å²) in [5, 5.41) is 7.05. The van der Waals surface area contributed by atoms with Gasteiger partial charge in [0.2, 0.25) is 0 Å². The molecule has 0 atom stereocenters. The molecule has 28 heavy (non-hydrogen) atoms. The van der Waals surface area contributed by atoms with Crippen molar-refractivity contribution in [1.82, 2.24) is 9.78 Å². The third kappa shape index (κ3) is 3.17. The zero-order valence-electron chi connectivity index (χ0n) is 15.3. The average Bonchev–Trinajstić information content (AvgIpc) is 2.95. The fourth-order valence-corrected chi connectivity index (χ4v) is 3.17. The van der Waals surface area contributed by atoms with Crippen molar-refractivity contribution in [1.29, 1.82) is 0 Å². The molecule has 0 saturated carbocycles. The molecular formula is C20H17F2N3O3. The van der Waals surface area contributed by atoms with E-state index in [1.165, 1.54) is 10.7 Å². The molecule has 144 valence electrons. The zero-order valence-corrected chi connectivity index (χ0v) is 15.3. The Morgan fingerprint density at radius 1 is 1.07 bits per heavy atom. The second kappa shape index (κ2) is 6.95. The number of halogens is 2. The van der Waals surface area contributed by atoms with E-state index in [1.54, 1.807) is 32.0 Å². The van der Waals surface area contributed by atoms with E-state index in [-0.39, 0.29) is 11.6 Å². The molecular weight excluding hydrogens is 368 g/mol. The first kappa shape index (κ1) is 18.0. The average molecular weight is 385 g/mol. The SMILES string of the molecule is Cc1nn(-c2ccc(F)cc2F)c(C)c1C(=O)Nc1ccc2c(c1)OCCO2. The number of carbonyl (C=O) groups is 1. The van der Waals surface area contributed by atoms with Crippen LogP contribution in [-0.4, -0.2) is 28.9 Å². The van der Waals surface area contributed by atoms with Gasteiger partial charge in [-0.25, -0.2) is 13.5 Å². The number of rotatable bonds is 3. The van der Waals surface area contributed by atoms with Crippen LogP contribution in [0, 0.1) is 25.5 Å². The Labute approximate surface area is 159 Å². The van der Waals surface area contributed by atoms with Crippen molar-refractivity contribution in [3.63, 3.8) is 0 Å². The summed E-state index contributed by atoms with van der Waals surface area (Å²) >= 11 is 0. The minimum Gasteiger partial charge on any atom is -0.486 e. The fraction of sp³-hybridized carbons (Fsp3) is 0.200. The molecule has 8 heteroatoms. The molecule has 0 saturated heterocycles. The van der Waals surface area contributed by atoms with Crippen LogP contribution in [0.5, 0.6) is 11.5 Å². The second-order valence-electron chi connectivity index (χ2n) is 6.37. The van der Waals surface area contributed by atoms with Crippen molar-refractivity contribution in [2.45, 2.75) is 13.8 Å². The molecule has 0 fully saturated rings. The van der Waals surface area contributed by atoms with E-state index in [0.29, 0.717) is 47.4 Å². The Balaban J connectivity index is 1.64. The summed E-state index contributed by atoms with van der Waals surface area (Å²) in [6, 6.07) is 8.32. The van der Waals surface area contributed by atoms with Crippen LogP contribution in [-0.2, 0) is 0 Å². The molecule has 2 heterocycles. The van der Waals surface area contributed by atoms with Gasteiger partial charge in [-0.15, -0.1) is 0 Å². The Morgan fingerprint density at radius 2 is 1.82 bits per heavy atom. The van der Waals surface area contributed by atoms with Crippen LogP contribution >= 0.6 is 0 Å². The molecule has 1 aliphatic rings. The van der Waals surface area contributed by atoms with E-state index < -0.39 is 11.6 Å². The number of hydrogen-bond acceptors (Lipinski definition) is 4. The van der Waals surface area contributed by atoms with Crippen molar-refractivity contribution < 1.29 is 23.0 Å². The summed E-state index contributed by atoms with van der Waals surface area (Å²) in [5.74, 6) is -0.651. The normalized spacial score (nSPS) is 12.7. The van der Waals surface area contributed by atoms with E-state index in [0.717, 1.165) is 12.1 Å². The topological polar surface area (TPSA) is 65.4 Å². The molecule has 0 aliphatic carbocycles. The van der Waals surface area contributed by atoms with Gasteiger partial charge in [-0.05, 0) is 38.1 Å². The number of fused-ring (bicyclic) bond motifs is 1. The monoisotopic (exact) mass is 385 g/mol. The summed E-state index contributed by atoms with van der Waals surface area (Å²) in [7, 11) is 0. The number of anilines is 1. The van der Waals surface area contributed by atoms with Crippen molar-refractivity contribution in [2.24, 2.45) is 0 Å². The van der Waals surface area contributed by atoms with Gasteiger partial charge in [-0.2, -0.15) is 5.10 Å². The van der Waals surface area contributed by atoms with Crippen LogP contribution in [0.3, 0.4) is 0 Å². The Bertz CT molecular complexity index is 1080. The van der Waals surface area contributed by atoms with Crippen LogP contribution in [0.1, 0.15) is 21.7 Å². The summed E-state index contributed by atoms with van der Waals surface area (Å²) < 4.78 is 39.6. The molecule has 1 amide bonds. The Kier molecular flexibility index (Phi) is 4.46. The maximum atomic E-state index is 14.1. The number of nitrogens with one attached hydrogen (secondary N) is 1. The van der Waals surface area contributed by atoms with E-state index in [2.05, 4.69) is 10.4 Å². The summed E-state index contributed by atoms with van der Waals surface area (Å²) in [6.45, 7) is 4.24. The quantitative estimate of drug-likeness (QED) is 0.745. The Morgan fingerprint density at radius 3 is 2.57 bits per heavy atom. The lowest BCUT2D eigenvalue weighted by atomic mass is 10.1. The molecule has 1 N–H and O–H groups in total. The molecule has 1 aromatic heterocycles. The van der Waals surface area contributed by atoms with Crippen LogP contribution in [0.15, 0.2) is 36.4 Å². The van der Waals surface area contributed by atoms with Gasteiger partial charge >= 0.3 is 0 Å². The first-order valence-electron chi connectivity index (χ1n) is 8.66. The van der Waals surface area contributed by atoms with Gasteiger partial charge < -0.3 is 14.8 Å². The number of aryl methyl sites for hydroxylation is 1. The van der Waals surface area contributed by atoms with Crippen LogP contribution in [0.4, 0.5) is 14.5 Å². The highest BCUT2D eigenvalue weighted by Gasteiger charge is 2.22. The maximum Gasteiger partial charge on any atom is 0.259 e. The molecule has 0 bridgehead atoms. The van der Waals surface area contributed by atoms with Gasteiger partial charge in [-0.3, -0.25) is 4.79 Å². The third-order valence-electron chi connectivity index (χ3n) is 4.46. The standard InChI is InChI=1S/C20H17F2N3O3/c1-11-19(12(2)25(24-11)16-5-3-13(21)9-15(16)22)20(26)23-14-4-6-17-18(10-14)28-8-7-27-17/h3-6,9-10H,7-8H2,1-2H3,(H,23,26). The van der Waals surface area contributed by atoms with Crippen molar-refractivity contribution >= 4 is 11.6 Å². The minimum absolute atomic E-state index is 0.0698. The molecule has 2 aromatic carbocycles. The molecule has 0 radical (unpaired) electrons. The van der Waals surface area contributed by atoms with E-state index in [1.807, 2.05) is 0 Å². The van der Waals surface area contributed by atoms with E-state index in [4.69, 9.17) is 9.47 Å². The summed E-state index contributed by atoms with van der Waals surface area (Å²) in [4.78, 5) is 12.8. The molecule has 3 aromatic rings. The van der Waals surface area contributed by atoms with Crippen LogP contribution in [0.25, 0.3) is 5.69 Å². The number of carbonyl (C=O) groups excluding carboxylic acids is 1. The van der Waals surface area contributed by atoms with Crippen molar-refractivity contribution in [3.8, 4) is 17.2 Å². The maximum absolute atomic E-state index is 14.1. The number of nitrogens with zero attached hydrogens (tertiary/aromatic N) is 2. The van der Waals surface area contributed by atoms with Crippen LogP contribution < -0.4 is 14.8 Å². The van der Waals surface area contributed by atoms with Gasteiger partial charge in [0.1, 0.15) is 24.7 Å². The smallest absolute Gasteiger partial charge is 0.259 e. The molecule has 4 rings (SSSR count). The lowest BCUT2D eigenvalue weighted by Crippen LogP contribution is -2.17. The van der Waals surface area contributed by atoms with E-state index >= 15 is 0 Å². The number of benzene rings is 2. The Hall–Kier alpha value is -3.42. The summed E-state index contributed by atoms with van der Waals surface area (Å²) in [5.41, 5.74) is 1.79.